The lowest BCUT2D eigenvalue weighted by Crippen LogP contribution is -2.43. The molecule has 190 valence electrons. The van der Waals surface area contributed by atoms with E-state index in [-0.39, 0.29) is 11.5 Å². The molecule has 5 heteroatoms. The number of allylic oxidation sites excluding steroid dienone is 3. The van der Waals surface area contributed by atoms with E-state index in [9.17, 15) is 4.79 Å². The molecule has 2 heterocycles. The summed E-state index contributed by atoms with van der Waals surface area (Å²) in [6, 6.07) is 16.5. The van der Waals surface area contributed by atoms with Crippen molar-refractivity contribution in [2.24, 2.45) is 0 Å². The Morgan fingerprint density at radius 3 is 2.44 bits per heavy atom. The van der Waals surface area contributed by atoms with Crippen molar-refractivity contribution in [1.82, 2.24) is 10.2 Å². The average molecular weight is 487 g/mol. The van der Waals surface area contributed by atoms with Gasteiger partial charge in [-0.1, -0.05) is 54.1 Å². The molecule has 4 rings (SSSR count). The fourth-order valence-corrected chi connectivity index (χ4v) is 4.97. The molecule has 2 aromatic carbocycles. The maximum Gasteiger partial charge on any atom is 0.244 e. The van der Waals surface area contributed by atoms with Crippen LogP contribution in [0.4, 0.5) is 0 Å². The van der Waals surface area contributed by atoms with E-state index in [0.29, 0.717) is 6.61 Å². The first kappa shape index (κ1) is 25.9. The Morgan fingerprint density at radius 1 is 1.03 bits per heavy atom. The number of nitrogens with zero attached hydrogens (tertiary/aromatic N) is 1. The molecule has 0 atom stereocenters. The van der Waals surface area contributed by atoms with Gasteiger partial charge in [0, 0.05) is 32.8 Å². The predicted octanol–water partition coefficient (Wildman–Crippen LogP) is 5.63. The Labute approximate surface area is 215 Å². The molecule has 1 N–H and O–H groups in total. The molecular weight excluding hydrogens is 448 g/mol. The van der Waals surface area contributed by atoms with Crippen molar-refractivity contribution in [2.75, 3.05) is 33.3 Å². The van der Waals surface area contributed by atoms with Crippen LogP contribution in [0.5, 0.6) is 5.75 Å². The van der Waals surface area contributed by atoms with E-state index in [4.69, 9.17) is 9.47 Å². The van der Waals surface area contributed by atoms with Gasteiger partial charge in [0.25, 0.3) is 0 Å². The molecule has 2 aromatic rings. The van der Waals surface area contributed by atoms with E-state index in [1.807, 2.05) is 31.2 Å². The maximum absolute atomic E-state index is 11.5. The first-order valence-electron chi connectivity index (χ1n) is 12.8. The Balaban J connectivity index is 1.24. The molecule has 1 amide bonds. The third-order valence-corrected chi connectivity index (χ3v) is 7.17. The van der Waals surface area contributed by atoms with E-state index in [1.54, 1.807) is 13.1 Å². The molecule has 1 spiro atoms. The molecule has 1 saturated heterocycles. The van der Waals surface area contributed by atoms with Crippen LogP contribution in [0, 0.1) is 0 Å². The van der Waals surface area contributed by atoms with Gasteiger partial charge in [-0.2, -0.15) is 0 Å². The van der Waals surface area contributed by atoms with Gasteiger partial charge in [-0.15, -0.1) is 0 Å². The zero-order chi connectivity index (χ0) is 25.5. The van der Waals surface area contributed by atoms with Gasteiger partial charge in [-0.3, -0.25) is 9.69 Å². The van der Waals surface area contributed by atoms with Crippen molar-refractivity contribution in [1.29, 1.82) is 0 Å². The van der Waals surface area contributed by atoms with Crippen LogP contribution in [-0.2, 0) is 21.7 Å². The number of fused-ring (bicyclic) bond motifs is 2. The van der Waals surface area contributed by atoms with Crippen LogP contribution < -0.4 is 10.1 Å². The number of ether oxygens (including phenoxy) is 2. The monoisotopic (exact) mass is 486 g/mol. The number of carbonyl (C=O) groups is 1. The molecule has 2 aliphatic heterocycles. The number of rotatable bonds is 8. The van der Waals surface area contributed by atoms with Gasteiger partial charge in [0.2, 0.25) is 5.91 Å². The number of amides is 1. The van der Waals surface area contributed by atoms with Gasteiger partial charge >= 0.3 is 0 Å². The lowest BCUT2D eigenvalue weighted by atomic mass is 9.84. The molecule has 0 unspecified atom stereocenters. The molecule has 5 nitrogen and oxygen atoms in total. The molecule has 1 fully saturated rings. The maximum atomic E-state index is 11.5. The van der Waals surface area contributed by atoms with Crippen molar-refractivity contribution in [3.05, 3.63) is 94.6 Å². The van der Waals surface area contributed by atoms with Crippen LogP contribution >= 0.6 is 0 Å². The molecule has 2 aliphatic rings. The van der Waals surface area contributed by atoms with Gasteiger partial charge < -0.3 is 14.8 Å². The van der Waals surface area contributed by atoms with Gasteiger partial charge in [-0.05, 0) is 73.6 Å². The average Bonchev–Trinajstić information content (AvgIpc) is 3.26. The number of piperidine rings is 1. The largest absolute Gasteiger partial charge is 0.489 e. The Morgan fingerprint density at radius 2 is 1.72 bits per heavy atom. The number of carbonyl (C=O) groups excluding carboxylic acids is 1. The van der Waals surface area contributed by atoms with Gasteiger partial charge in [0.05, 0.1) is 12.2 Å². The number of nitrogens with one attached hydrogen (secondary N) is 1. The van der Waals surface area contributed by atoms with Crippen LogP contribution in [-0.4, -0.2) is 44.1 Å². The second-order valence-corrected chi connectivity index (χ2v) is 10.00. The zero-order valence-corrected chi connectivity index (χ0v) is 22.0. The lowest BCUT2D eigenvalue weighted by molar-refractivity contribution is -0.116. The minimum absolute atomic E-state index is 0.0735. The minimum atomic E-state index is -0.102. The lowest BCUT2D eigenvalue weighted by Gasteiger charge is -2.39. The first-order chi connectivity index (χ1) is 17.4. The van der Waals surface area contributed by atoms with Crippen molar-refractivity contribution in [3.63, 3.8) is 0 Å². The van der Waals surface area contributed by atoms with E-state index in [0.717, 1.165) is 56.0 Å². The molecule has 0 bridgehead atoms. The molecule has 0 radical (unpaired) electrons. The summed E-state index contributed by atoms with van der Waals surface area (Å²) in [5.41, 5.74) is 7.12. The highest BCUT2D eigenvalue weighted by molar-refractivity contribution is 5.94. The third kappa shape index (κ3) is 6.34. The van der Waals surface area contributed by atoms with Crippen molar-refractivity contribution >= 4 is 11.5 Å². The summed E-state index contributed by atoms with van der Waals surface area (Å²) in [4.78, 5) is 14.1. The summed E-state index contributed by atoms with van der Waals surface area (Å²) in [7, 11) is 1.63. The van der Waals surface area contributed by atoms with E-state index >= 15 is 0 Å². The third-order valence-electron chi connectivity index (χ3n) is 7.17. The Kier molecular flexibility index (Phi) is 8.44. The van der Waals surface area contributed by atoms with Crippen LogP contribution in [0.1, 0.15) is 50.3 Å². The standard InChI is InChI=1S/C31H38N2O3/c1-23(20-33-17-15-31(16-18-33)29-8-6-5-7-27(29)22-36-31)9-10-24(2)21-35-28-13-11-26(12-14-28)25(3)19-30(34)32-4/h5-14,19H,15-18,20-22H2,1-4H3,(H,32,34)/b23-9+,24-10+,25-19+. The molecule has 0 aromatic heterocycles. The highest BCUT2D eigenvalue weighted by atomic mass is 16.5. The number of benzene rings is 2. The second kappa shape index (κ2) is 11.7. The fourth-order valence-electron chi connectivity index (χ4n) is 4.97. The smallest absolute Gasteiger partial charge is 0.244 e. The second-order valence-electron chi connectivity index (χ2n) is 10.00. The molecule has 36 heavy (non-hydrogen) atoms. The van der Waals surface area contributed by atoms with Crippen molar-refractivity contribution < 1.29 is 14.3 Å². The van der Waals surface area contributed by atoms with E-state index < -0.39 is 0 Å². The first-order valence-corrected chi connectivity index (χ1v) is 12.8. The van der Waals surface area contributed by atoms with Crippen LogP contribution in [0.3, 0.4) is 0 Å². The van der Waals surface area contributed by atoms with Crippen LogP contribution in [0.25, 0.3) is 5.57 Å². The Bertz CT molecular complexity index is 1150. The van der Waals surface area contributed by atoms with Crippen LogP contribution in [0.2, 0.25) is 0 Å². The zero-order valence-electron chi connectivity index (χ0n) is 22.0. The summed E-state index contributed by atoms with van der Waals surface area (Å²) < 4.78 is 12.3. The normalized spacial score (nSPS) is 18.3. The highest BCUT2D eigenvalue weighted by Crippen LogP contribution is 2.44. The number of likely N-dealkylation sites (tertiary alicyclic amines) is 1. The number of likely N-dealkylation sites (N-methyl/N-ethyl adjacent to an activating group) is 1. The fraction of sp³-hybridized carbons (Fsp3) is 0.387. The number of hydrogen-bond acceptors (Lipinski definition) is 4. The number of hydrogen-bond donors (Lipinski definition) is 1. The molecule has 0 aliphatic carbocycles. The van der Waals surface area contributed by atoms with Gasteiger partial charge in [-0.25, -0.2) is 0 Å². The van der Waals surface area contributed by atoms with Crippen molar-refractivity contribution in [2.45, 2.75) is 45.8 Å². The van der Waals surface area contributed by atoms with Gasteiger partial charge in [0.15, 0.2) is 0 Å². The SMILES string of the molecule is CNC(=O)/C=C(\C)c1ccc(OC/C(C)=C/C=C(\C)CN2CCC3(CC2)OCc2ccccc23)cc1. The summed E-state index contributed by atoms with van der Waals surface area (Å²) in [5, 5.41) is 2.61. The van der Waals surface area contributed by atoms with E-state index in [2.05, 4.69) is 60.5 Å². The van der Waals surface area contributed by atoms with Gasteiger partial charge in [0.1, 0.15) is 12.4 Å². The summed E-state index contributed by atoms with van der Waals surface area (Å²) in [6.45, 7) is 10.6. The quantitative estimate of drug-likeness (QED) is 0.388. The summed E-state index contributed by atoms with van der Waals surface area (Å²) in [5.74, 6) is 0.715. The molecule has 0 saturated carbocycles. The predicted molar refractivity (Wildman–Crippen MR) is 146 cm³/mol. The summed E-state index contributed by atoms with van der Waals surface area (Å²) >= 11 is 0. The highest BCUT2D eigenvalue weighted by Gasteiger charge is 2.42. The van der Waals surface area contributed by atoms with E-state index in [1.165, 1.54) is 22.3 Å². The molecular formula is C31H38N2O3. The minimum Gasteiger partial charge on any atom is -0.489 e. The Hall–Kier alpha value is -3.15. The van der Waals surface area contributed by atoms with Crippen LogP contribution in [0.15, 0.2) is 77.9 Å². The summed E-state index contributed by atoms with van der Waals surface area (Å²) in [6.07, 6.45) is 8.07. The van der Waals surface area contributed by atoms with Crippen molar-refractivity contribution in [3.8, 4) is 5.75 Å². The topological polar surface area (TPSA) is 50.8 Å².